The number of oxazole rings is 1. The second-order valence-electron chi connectivity index (χ2n) is 5.18. The van der Waals surface area contributed by atoms with E-state index in [0.29, 0.717) is 0 Å². The van der Waals surface area contributed by atoms with Crippen molar-refractivity contribution >= 4 is 35.1 Å². The molecule has 114 valence electrons. The zero-order valence-corrected chi connectivity index (χ0v) is 12.8. The van der Waals surface area contributed by atoms with Gasteiger partial charge in [-0.05, 0) is 37.6 Å². The standard InChI is InChI=1S/C15H19N3O2.ClH/c1-2-14-18-12-8-11(5-6-13(12)20-14)17-15(19)10-4-3-7-16-9-10;/h5-6,8,10,16H,2-4,7,9H2,1H3,(H,17,19);1H/t10-;/m1./s1. The number of aromatic nitrogens is 1. The molecule has 1 aromatic carbocycles. The lowest BCUT2D eigenvalue weighted by Crippen LogP contribution is -2.37. The van der Waals surface area contributed by atoms with Crippen molar-refractivity contribution in [3.05, 3.63) is 24.1 Å². The van der Waals surface area contributed by atoms with Crippen LogP contribution in [0.4, 0.5) is 5.69 Å². The number of anilines is 1. The van der Waals surface area contributed by atoms with Crippen LogP contribution in [0.5, 0.6) is 0 Å². The van der Waals surface area contributed by atoms with Crippen LogP contribution in [-0.2, 0) is 11.2 Å². The largest absolute Gasteiger partial charge is 0.441 e. The number of rotatable bonds is 3. The van der Waals surface area contributed by atoms with Gasteiger partial charge in [0, 0.05) is 18.7 Å². The van der Waals surface area contributed by atoms with Gasteiger partial charge in [0.15, 0.2) is 11.5 Å². The molecule has 5 nitrogen and oxygen atoms in total. The third kappa shape index (κ3) is 3.54. The Balaban J connectivity index is 0.00000161. The summed E-state index contributed by atoms with van der Waals surface area (Å²) < 4.78 is 5.56. The Bertz CT molecular complexity index is 620. The van der Waals surface area contributed by atoms with E-state index in [9.17, 15) is 4.79 Å². The highest BCUT2D eigenvalue weighted by molar-refractivity contribution is 5.94. The van der Waals surface area contributed by atoms with Crippen molar-refractivity contribution in [2.45, 2.75) is 26.2 Å². The number of halogens is 1. The van der Waals surface area contributed by atoms with Crippen LogP contribution in [0.15, 0.2) is 22.6 Å². The van der Waals surface area contributed by atoms with Gasteiger partial charge in [0.25, 0.3) is 0 Å². The van der Waals surface area contributed by atoms with Gasteiger partial charge in [0.05, 0.1) is 5.92 Å². The third-order valence-electron chi connectivity index (χ3n) is 3.67. The zero-order valence-electron chi connectivity index (χ0n) is 12.0. The normalized spacial score (nSPS) is 18.2. The number of piperidine rings is 1. The number of fused-ring (bicyclic) bond motifs is 1. The predicted molar refractivity (Wildman–Crippen MR) is 84.9 cm³/mol. The number of carbonyl (C=O) groups excluding carboxylic acids is 1. The molecule has 2 heterocycles. The maximum absolute atomic E-state index is 12.2. The fourth-order valence-electron chi connectivity index (χ4n) is 2.52. The van der Waals surface area contributed by atoms with Crippen molar-refractivity contribution in [3.8, 4) is 0 Å². The van der Waals surface area contributed by atoms with E-state index in [4.69, 9.17) is 4.42 Å². The van der Waals surface area contributed by atoms with Crippen molar-refractivity contribution in [3.63, 3.8) is 0 Å². The van der Waals surface area contributed by atoms with Gasteiger partial charge in [-0.15, -0.1) is 12.4 Å². The fraction of sp³-hybridized carbons (Fsp3) is 0.467. The molecule has 1 fully saturated rings. The lowest BCUT2D eigenvalue weighted by molar-refractivity contribution is -0.120. The summed E-state index contributed by atoms with van der Waals surface area (Å²) in [6.45, 7) is 3.77. The first-order valence-electron chi connectivity index (χ1n) is 7.17. The van der Waals surface area contributed by atoms with Crippen molar-refractivity contribution in [2.75, 3.05) is 18.4 Å². The van der Waals surface area contributed by atoms with Gasteiger partial charge in [0.2, 0.25) is 5.91 Å². The summed E-state index contributed by atoms with van der Waals surface area (Å²) in [6, 6.07) is 5.59. The second kappa shape index (κ2) is 6.91. The lowest BCUT2D eigenvalue weighted by Gasteiger charge is -2.21. The van der Waals surface area contributed by atoms with Crippen LogP contribution < -0.4 is 10.6 Å². The van der Waals surface area contributed by atoms with E-state index in [1.807, 2.05) is 25.1 Å². The maximum Gasteiger partial charge on any atom is 0.228 e. The smallest absolute Gasteiger partial charge is 0.228 e. The van der Waals surface area contributed by atoms with E-state index >= 15 is 0 Å². The van der Waals surface area contributed by atoms with Gasteiger partial charge in [-0.25, -0.2) is 4.98 Å². The average molecular weight is 310 g/mol. The van der Waals surface area contributed by atoms with Crippen molar-refractivity contribution in [1.29, 1.82) is 0 Å². The maximum atomic E-state index is 12.2. The SMILES string of the molecule is CCc1nc2cc(NC(=O)[C@@H]3CCCNC3)ccc2o1.Cl. The number of nitrogens with zero attached hydrogens (tertiary/aromatic N) is 1. The number of amides is 1. The molecule has 1 atom stereocenters. The summed E-state index contributed by atoms with van der Waals surface area (Å²) in [4.78, 5) is 16.6. The van der Waals surface area contributed by atoms with Crippen LogP contribution in [0.25, 0.3) is 11.1 Å². The molecule has 1 aromatic heterocycles. The van der Waals surface area contributed by atoms with Crippen molar-refractivity contribution in [2.24, 2.45) is 5.92 Å². The number of nitrogens with one attached hydrogen (secondary N) is 2. The third-order valence-corrected chi connectivity index (χ3v) is 3.67. The van der Waals surface area contributed by atoms with Gasteiger partial charge in [-0.1, -0.05) is 6.92 Å². The van der Waals surface area contributed by atoms with E-state index in [1.165, 1.54) is 0 Å². The molecule has 1 aliphatic rings. The van der Waals surface area contributed by atoms with Gasteiger partial charge < -0.3 is 15.1 Å². The molecule has 2 aromatic rings. The highest BCUT2D eigenvalue weighted by atomic mass is 35.5. The molecule has 6 heteroatoms. The number of benzene rings is 1. The molecule has 2 N–H and O–H groups in total. The Morgan fingerprint density at radius 1 is 1.52 bits per heavy atom. The lowest BCUT2D eigenvalue weighted by atomic mass is 9.99. The Morgan fingerprint density at radius 2 is 2.38 bits per heavy atom. The first kappa shape index (κ1) is 15.8. The van der Waals surface area contributed by atoms with Crippen molar-refractivity contribution < 1.29 is 9.21 Å². The average Bonchev–Trinajstić information content (AvgIpc) is 2.90. The van der Waals surface area contributed by atoms with E-state index in [0.717, 1.165) is 55.0 Å². The summed E-state index contributed by atoms with van der Waals surface area (Å²) in [7, 11) is 0. The summed E-state index contributed by atoms with van der Waals surface area (Å²) >= 11 is 0. The van der Waals surface area contributed by atoms with Crippen molar-refractivity contribution in [1.82, 2.24) is 10.3 Å². The molecule has 0 unspecified atom stereocenters. The van der Waals surface area contributed by atoms with Crippen LogP contribution in [0, 0.1) is 5.92 Å². The summed E-state index contributed by atoms with van der Waals surface area (Å²) in [5.74, 6) is 0.860. The highest BCUT2D eigenvalue weighted by Gasteiger charge is 2.21. The molecule has 3 rings (SSSR count). The summed E-state index contributed by atoms with van der Waals surface area (Å²) in [5.41, 5.74) is 2.34. The molecule has 1 amide bonds. The molecule has 0 radical (unpaired) electrons. The zero-order chi connectivity index (χ0) is 13.9. The van der Waals surface area contributed by atoms with E-state index in [1.54, 1.807) is 0 Å². The minimum atomic E-state index is 0. The molecule has 1 aliphatic heterocycles. The Morgan fingerprint density at radius 3 is 3.10 bits per heavy atom. The molecular weight excluding hydrogens is 290 g/mol. The Labute approximate surface area is 129 Å². The predicted octanol–water partition coefficient (Wildman–Crippen LogP) is 2.75. The number of hydrogen-bond donors (Lipinski definition) is 2. The number of carbonyl (C=O) groups is 1. The second-order valence-corrected chi connectivity index (χ2v) is 5.18. The molecule has 0 bridgehead atoms. The van der Waals surface area contributed by atoms with Crippen LogP contribution in [0.3, 0.4) is 0 Å². The molecular formula is C15H20ClN3O2. The van der Waals surface area contributed by atoms with Gasteiger partial charge >= 0.3 is 0 Å². The minimum absolute atomic E-state index is 0. The number of hydrogen-bond acceptors (Lipinski definition) is 4. The van der Waals surface area contributed by atoms with E-state index < -0.39 is 0 Å². The van der Waals surface area contributed by atoms with Gasteiger partial charge in [0.1, 0.15) is 5.52 Å². The molecule has 1 saturated heterocycles. The fourth-order valence-corrected chi connectivity index (χ4v) is 2.52. The number of aryl methyl sites for hydroxylation is 1. The molecule has 21 heavy (non-hydrogen) atoms. The molecule has 0 saturated carbocycles. The highest BCUT2D eigenvalue weighted by Crippen LogP contribution is 2.21. The topological polar surface area (TPSA) is 67.2 Å². The van der Waals surface area contributed by atoms with Crippen LogP contribution >= 0.6 is 12.4 Å². The first-order chi connectivity index (χ1) is 9.76. The van der Waals surface area contributed by atoms with Crippen LogP contribution in [0.1, 0.15) is 25.7 Å². The van der Waals surface area contributed by atoms with E-state index in [2.05, 4.69) is 15.6 Å². The first-order valence-corrected chi connectivity index (χ1v) is 7.17. The van der Waals surface area contributed by atoms with E-state index in [-0.39, 0.29) is 24.2 Å². The Hall–Kier alpha value is -1.59. The monoisotopic (exact) mass is 309 g/mol. The molecule has 0 aliphatic carbocycles. The van der Waals surface area contributed by atoms with Crippen LogP contribution in [0.2, 0.25) is 0 Å². The Kier molecular flexibility index (Phi) is 5.20. The summed E-state index contributed by atoms with van der Waals surface area (Å²) in [6.07, 6.45) is 2.77. The summed E-state index contributed by atoms with van der Waals surface area (Å²) in [5, 5.41) is 6.22. The van der Waals surface area contributed by atoms with Gasteiger partial charge in [-0.3, -0.25) is 4.79 Å². The molecule has 0 spiro atoms. The quantitative estimate of drug-likeness (QED) is 0.915. The van der Waals surface area contributed by atoms with Gasteiger partial charge in [-0.2, -0.15) is 0 Å². The van der Waals surface area contributed by atoms with Crippen LogP contribution in [-0.4, -0.2) is 24.0 Å². The minimum Gasteiger partial charge on any atom is -0.441 e.